The second-order valence-electron chi connectivity index (χ2n) is 2.84. The van der Waals surface area contributed by atoms with Crippen LogP contribution in [0.4, 0.5) is 5.69 Å². The molecule has 62 valence electrons. The number of thiophene rings is 1. The number of rotatable bonds is 0. The monoisotopic (exact) mass is 179 g/mol. The molecule has 2 aromatic rings. The molecule has 3 N–H and O–H groups in total. The summed E-state index contributed by atoms with van der Waals surface area (Å²) < 4.78 is 1.11. The largest absolute Gasteiger partial charge is 0.506 e. The van der Waals surface area contributed by atoms with Gasteiger partial charge in [0.05, 0.1) is 0 Å². The van der Waals surface area contributed by atoms with Gasteiger partial charge in [0.1, 0.15) is 5.75 Å². The first-order valence-corrected chi connectivity index (χ1v) is 4.53. The van der Waals surface area contributed by atoms with Gasteiger partial charge in [-0.2, -0.15) is 0 Å². The molecule has 2 nitrogen and oxygen atoms in total. The highest BCUT2D eigenvalue weighted by molar-refractivity contribution is 7.17. The zero-order valence-electron chi connectivity index (χ0n) is 6.66. The van der Waals surface area contributed by atoms with Crippen LogP contribution < -0.4 is 5.73 Å². The van der Waals surface area contributed by atoms with Crippen LogP contribution in [0.5, 0.6) is 5.75 Å². The number of hydrogen-bond donors (Lipinski definition) is 2. The van der Waals surface area contributed by atoms with Crippen molar-refractivity contribution in [3.63, 3.8) is 0 Å². The lowest BCUT2D eigenvalue weighted by Gasteiger charge is -1.98. The molecule has 0 unspecified atom stereocenters. The molecule has 0 atom stereocenters. The number of fused-ring (bicyclic) bond motifs is 1. The first-order chi connectivity index (χ1) is 5.68. The summed E-state index contributed by atoms with van der Waals surface area (Å²) in [6.07, 6.45) is 0. The highest BCUT2D eigenvalue weighted by Gasteiger charge is 2.05. The fraction of sp³-hybridized carbons (Fsp3) is 0.111. The lowest BCUT2D eigenvalue weighted by Crippen LogP contribution is -1.84. The van der Waals surface area contributed by atoms with Gasteiger partial charge in [0, 0.05) is 21.2 Å². The van der Waals surface area contributed by atoms with Gasteiger partial charge in [-0.3, -0.25) is 0 Å². The van der Waals surface area contributed by atoms with E-state index in [1.807, 2.05) is 13.0 Å². The van der Waals surface area contributed by atoms with Crippen molar-refractivity contribution in [2.75, 3.05) is 5.73 Å². The van der Waals surface area contributed by atoms with Gasteiger partial charge in [-0.15, -0.1) is 11.3 Å². The average Bonchev–Trinajstić information content (AvgIpc) is 2.33. The van der Waals surface area contributed by atoms with Gasteiger partial charge in [0.15, 0.2) is 0 Å². The fourth-order valence-electron chi connectivity index (χ4n) is 1.33. The number of nitrogen functional groups attached to an aromatic ring is 1. The van der Waals surface area contributed by atoms with Crippen LogP contribution in [0.15, 0.2) is 17.5 Å². The van der Waals surface area contributed by atoms with Crippen LogP contribution in [-0.2, 0) is 0 Å². The van der Waals surface area contributed by atoms with Gasteiger partial charge in [-0.1, -0.05) is 0 Å². The number of aromatic hydroxyl groups is 1. The van der Waals surface area contributed by atoms with Crippen molar-refractivity contribution >= 4 is 27.1 Å². The summed E-state index contributed by atoms with van der Waals surface area (Å²) in [5, 5.41) is 12.0. The Labute approximate surface area is 74.3 Å². The predicted octanol–water partition coefficient (Wildman–Crippen LogP) is 2.50. The van der Waals surface area contributed by atoms with Gasteiger partial charge in [0.2, 0.25) is 0 Å². The van der Waals surface area contributed by atoms with Crippen molar-refractivity contribution < 1.29 is 5.11 Å². The molecule has 3 heteroatoms. The average molecular weight is 179 g/mol. The summed E-state index contributed by atoms with van der Waals surface area (Å²) in [5.41, 5.74) is 7.47. The molecule has 0 saturated carbocycles. The minimum absolute atomic E-state index is 0.324. The molecule has 12 heavy (non-hydrogen) atoms. The first kappa shape index (κ1) is 7.43. The number of hydrogen-bond acceptors (Lipinski definition) is 3. The normalized spacial score (nSPS) is 10.8. The van der Waals surface area contributed by atoms with Crippen LogP contribution in [0.1, 0.15) is 5.56 Å². The van der Waals surface area contributed by atoms with E-state index >= 15 is 0 Å². The summed E-state index contributed by atoms with van der Waals surface area (Å²) in [4.78, 5) is 0. The Balaban J connectivity index is 2.92. The lowest BCUT2D eigenvalue weighted by atomic mass is 10.1. The Bertz CT molecular complexity index is 433. The number of benzene rings is 1. The third kappa shape index (κ3) is 0.940. The SMILES string of the molecule is Cc1cc(N)cc2c(O)csc12. The summed E-state index contributed by atoms with van der Waals surface area (Å²) in [7, 11) is 0. The van der Waals surface area contributed by atoms with Crippen molar-refractivity contribution in [1.29, 1.82) is 0 Å². The summed E-state index contributed by atoms with van der Waals surface area (Å²) in [6, 6.07) is 3.71. The van der Waals surface area contributed by atoms with Gasteiger partial charge >= 0.3 is 0 Å². The van der Waals surface area contributed by atoms with Crippen molar-refractivity contribution in [2.45, 2.75) is 6.92 Å². The van der Waals surface area contributed by atoms with Crippen LogP contribution in [0.2, 0.25) is 0 Å². The molecular formula is C9H9NOS. The molecule has 0 saturated heterocycles. The predicted molar refractivity (Wildman–Crippen MR) is 52.6 cm³/mol. The minimum atomic E-state index is 0.324. The number of nitrogens with two attached hydrogens (primary N) is 1. The smallest absolute Gasteiger partial charge is 0.134 e. The van der Waals surface area contributed by atoms with Gasteiger partial charge in [0.25, 0.3) is 0 Å². The Morgan fingerprint density at radius 2 is 2.17 bits per heavy atom. The van der Waals surface area contributed by atoms with E-state index in [0.29, 0.717) is 11.4 Å². The lowest BCUT2D eigenvalue weighted by molar-refractivity contribution is 0.483. The summed E-state index contributed by atoms with van der Waals surface area (Å²) in [6.45, 7) is 1.99. The zero-order valence-corrected chi connectivity index (χ0v) is 7.48. The second-order valence-corrected chi connectivity index (χ2v) is 3.72. The van der Waals surface area contributed by atoms with Crippen LogP contribution in [-0.4, -0.2) is 5.11 Å². The van der Waals surface area contributed by atoms with E-state index in [0.717, 1.165) is 15.6 Å². The highest BCUT2D eigenvalue weighted by atomic mass is 32.1. The molecule has 0 fully saturated rings. The van der Waals surface area contributed by atoms with E-state index < -0.39 is 0 Å². The van der Waals surface area contributed by atoms with Crippen molar-refractivity contribution in [3.8, 4) is 5.75 Å². The minimum Gasteiger partial charge on any atom is -0.506 e. The fourth-order valence-corrected chi connectivity index (χ4v) is 2.22. The maximum Gasteiger partial charge on any atom is 0.134 e. The third-order valence-corrected chi connectivity index (χ3v) is 2.98. The van der Waals surface area contributed by atoms with Gasteiger partial charge in [-0.25, -0.2) is 0 Å². The van der Waals surface area contributed by atoms with Crippen LogP contribution in [0, 0.1) is 6.92 Å². The number of aryl methyl sites for hydroxylation is 1. The number of anilines is 1. The Morgan fingerprint density at radius 1 is 1.42 bits per heavy atom. The summed E-state index contributed by atoms with van der Waals surface area (Å²) >= 11 is 1.54. The molecule has 0 bridgehead atoms. The Hall–Kier alpha value is -1.22. The maximum atomic E-state index is 9.41. The molecule has 1 heterocycles. The molecule has 0 aliphatic heterocycles. The Kier molecular flexibility index (Phi) is 1.48. The Morgan fingerprint density at radius 3 is 2.92 bits per heavy atom. The summed E-state index contributed by atoms with van der Waals surface area (Å²) in [5.74, 6) is 0.324. The van der Waals surface area contributed by atoms with E-state index in [-0.39, 0.29) is 0 Å². The zero-order chi connectivity index (χ0) is 8.72. The molecule has 1 aromatic heterocycles. The van der Waals surface area contributed by atoms with E-state index in [4.69, 9.17) is 5.73 Å². The van der Waals surface area contributed by atoms with E-state index in [9.17, 15) is 5.11 Å². The quantitative estimate of drug-likeness (QED) is 0.610. The molecule has 2 rings (SSSR count). The van der Waals surface area contributed by atoms with E-state index in [2.05, 4.69) is 0 Å². The molecule has 1 aromatic carbocycles. The molecule has 0 amide bonds. The first-order valence-electron chi connectivity index (χ1n) is 3.65. The van der Waals surface area contributed by atoms with Crippen LogP contribution >= 0.6 is 11.3 Å². The molecule has 0 radical (unpaired) electrons. The molecule has 0 aliphatic carbocycles. The van der Waals surface area contributed by atoms with E-state index in [1.54, 1.807) is 22.8 Å². The topological polar surface area (TPSA) is 46.2 Å². The standard InChI is InChI=1S/C9H9NOS/c1-5-2-6(10)3-7-8(11)4-12-9(5)7/h2-4,11H,10H2,1H3. The second kappa shape index (κ2) is 2.38. The van der Waals surface area contributed by atoms with Gasteiger partial charge < -0.3 is 10.8 Å². The van der Waals surface area contributed by atoms with E-state index in [1.165, 1.54) is 0 Å². The van der Waals surface area contributed by atoms with Crippen LogP contribution in [0.3, 0.4) is 0 Å². The molecule has 0 spiro atoms. The van der Waals surface area contributed by atoms with Crippen LogP contribution in [0.25, 0.3) is 10.1 Å². The van der Waals surface area contributed by atoms with Crippen molar-refractivity contribution in [2.24, 2.45) is 0 Å². The third-order valence-electron chi connectivity index (χ3n) is 1.86. The van der Waals surface area contributed by atoms with Crippen molar-refractivity contribution in [3.05, 3.63) is 23.1 Å². The highest BCUT2D eigenvalue weighted by Crippen LogP contribution is 2.34. The van der Waals surface area contributed by atoms with Crippen molar-refractivity contribution in [1.82, 2.24) is 0 Å². The molecular weight excluding hydrogens is 170 g/mol. The molecule has 0 aliphatic rings. The maximum absolute atomic E-state index is 9.41. The van der Waals surface area contributed by atoms with Gasteiger partial charge in [-0.05, 0) is 24.6 Å².